The van der Waals surface area contributed by atoms with E-state index in [2.05, 4.69) is 37.1 Å². The van der Waals surface area contributed by atoms with E-state index >= 15 is 0 Å². The smallest absolute Gasteiger partial charge is 0.237 e. The zero-order valence-electron chi connectivity index (χ0n) is 21.0. The molecule has 4 aliphatic heterocycles. The van der Waals surface area contributed by atoms with E-state index < -0.39 is 29.9 Å². The van der Waals surface area contributed by atoms with Crippen molar-refractivity contribution in [3.8, 4) is 6.07 Å². The van der Waals surface area contributed by atoms with E-state index in [1.807, 2.05) is 0 Å². The minimum atomic E-state index is -1.13. The van der Waals surface area contributed by atoms with Gasteiger partial charge >= 0.3 is 0 Å². The van der Waals surface area contributed by atoms with Gasteiger partial charge in [0.1, 0.15) is 24.4 Å². The molecule has 10 heteroatoms. The monoisotopic (exact) mass is 480 g/mol. The summed E-state index contributed by atoms with van der Waals surface area (Å²) in [6.07, 6.45) is -0.503. The molecule has 0 aromatic carbocycles. The molecule has 1 amide bonds. The van der Waals surface area contributed by atoms with E-state index in [1.165, 1.54) is 0 Å². The lowest BCUT2D eigenvalue weighted by Crippen LogP contribution is -2.64. The summed E-state index contributed by atoms with van der Waals surface area (Å²) in [5.74, 6) is -2.08. The number of amides is 1. The fourth-order valence-corrected chi connectivity index (χ4v) is 5.76. The average Bonchev–Trinajstić information content (AvgIpc) is 3.23. The molecule has 10 nitrogen and oxygen atoms in total. The van der Waals surface area contributed by atoms with Crippen LogP contribution in [0.1, 0.15) is 53.9 Å². The third kappa shape index (κ3) is 5.12. The van der Waals surface area contributed by atoms with Gasteiger partial charge in [-0.05, 0) is 45.4 Å². The minimum Gasteiger partial charge on any atom is -0.388 e. The second kappa shape index (κ2) is 8.96. The van der Waals surface area contributed by atoms with Crippen molar-refractivity contribution in [1.82, 2.24) is 15.1 Å². The van der Waals surface area contributed by atoms with Gasteiger partial charge < -0.3 is 34.6 Å². The number of nitrogens with one attached hydrogen (secondary N) is 1. The predicted molar refractivity (Wildman–Crippen MR) is 122 cm³/mol. The van der Waals surface area contributed by atoms with Gasteiger partial charge in [-0.3, -0.25) is 9.69 Å². The van der Waals surface area contributed by atoms with Crippen molar-refractivity contribution in [2.24, 2.45) is 5.41 Å². The van der Waals surface area contributed by atoms with Gasteiger partial charge in [-0.1, -0.05) is 13.8 Å². The van der Waals surface area contributed by atoms with Gasteiger partial charge in [-0.25, -0.2) is 0 Å². The zero-order valence-corrected chi connectivity index (χ0v) is 21.0. The Labute approximate surface area is 202 Å². The van der Waals surface area contributed by atoms with Crippen LogP contribution in [-0.2, 0) is 19.0 Å². The quantitative estimate of drug-likeness (QED) is 0.505. The number of piperidine rings is 1. The molecule has 4 rings (SSSR count). The molecule has 3 N–H and O–H groups in total. The zero-order chi connectivity index (χ0) is 24.9. The molecule has 5 atom stereocenters. The van der Waals surface area contributed by atoms with Gasteiger partial charge in [0, 0.05) is 25.2 Å². The van der Waals surface area contributed by atoms with Crippen molar-refractivity contribution < 1.29 is 29.2 Å². The summed E-state index contributed by atoms with van der Waals surface area (Å²) in [4.78, 5) is 16.8. The maximum Gasteiger partial charge on any atom is 0.237 e. The summed E-state index contributed by atoms with van der Waals surface area (Å²) in [5, 5.41) is 33.5. The largest absolute Gasteiger partial charge is 0.388 e. The van der Waals surface area contributed by atoms with Gasteiger partial charge in [0.2, 0.25) is 11.7 Å². The molecule has 0 bridgehead atoms. The molecule has 0 radical (unpaired) electrons. The summed E-state index contributed by atoms with van der Waals surface area (Å²) in [5.41, 5.74) is -0.232. The van der Waals surface area contributed by atoms with Crippen LogP contribution < -0.4 is 5.32 Å². The van der Waals surface area contributed by atoms with E-state index in [9.17, 15) is 20.3 Å². The van der Waals surface area contributed by atoms with Crippen molar-refractivity contribution in [3.63, 3.8) is 0 Å². The number of carbonyl (C=O) groups excluding carboxylic acids is 1. The Bertz CT molecular complexity index is 821. The highest BCUT2D eigenvalue weighted by atomic mass is 16.8. The topological polar surface area (TPSA) is 128 Å². The number of hydrogen-bond donors (Lipinski definition) is 3. The molecule has 192 valence electrons. The number of aliphatic hydroxyl groups excluding tert-OH is 2. The Kier molecular flexibility index (Phi) is 6.79. The number of nitriles is 1. The summed E-state index contributed by atoms with van der Waals surface area (Å²) in [7, 11) is 0. The molecule has 0 saturated carbocycles. The molecule has 0 unspecified atom stereocenters. The van der Waals surface area contributed by atoms with E-state index in [0.29, 0.717) is 19.5 Å². The van der Waals surface area contributed by atoms with Gasteiger partial charge in [0.25, 0.3) is 0 Å². The van der Waals surface area contributed by atoms with Crippen LogP contribution in [0.3, 0.4) is 0 Å². The molecule has 34 heavy (non-hydrogen) atoms. The van der Waals surface area contributed by atoms with Crippen LogP contribution >= 0.6 is 0 Å². The van der Waals surface area contributed by atoms with Gasteiger partial charge in [0.05, 0.1) is 25.8 Å². The standard InChI is InChI=1S/C24H40N4O6/c1-21(2)10-16(11-25)28(14-21)18(30)12-26-23(5)6-8-27(9-7-23)15-24-20(33-22(3,4)34-24)19(31)17(29)13-32-24/h16-17,19-20,26,29,31H,6-10,12-15H2,1-5H3/t16-,17+,19+,20-,24-/m0/s1. The molecule has 4 fully saturated rings. The Balaban J connectivity index is 1.31. The highest BCUT2D eigenvalue weighted by Crippen LogP contribution is 2.43. The van der Waals surface area contributed by atoms with Crippen molar-refractivity contribution in [1.29, 1.82) is 5.26 Å². The average molecular weight is 481 g/mol. The molecular formula is C24H40N4O6. The van der Waals surface area contributed by atoms with Crippen molar-refractivity contribution >= 4 is 5.91 Å². The maximum absolute atomic E-state index is 12.9. The first-order chi connectivity index (χ1) is 15.8. The van der Waals surface area contributed by atoms with Crippen LogP contribution in [-0.4, -0.2) is 107 Å². The SMILES string of the molecule is CC1(C)C[C@@H](C#N)N(C(=O)CNC2(C)CCN(C[C@@]34OC[C@@H](O)[C@@H](O)[C@@H]3OC(C)(C)O4)CC2)C1. The normalized spacial score (nSPS) is 38.9. The minimum absolute atomic E-state index is 0.0106. The van der Waals surface area contributed by atoms with Crippen LogP contribution in [0.2, 0.25) is 0 Å². The summed E-state index contributed by atoms with van der Waals surface area (Å²) in [6.45, 7) is 12.6. The summed E-state index contributed by atoms with van der Waals surface area (Å²) >= 11 is 0. The van der Waals surface area contributed by atoms with E-state index in [4.69, 9.17) is 14.2 Å². The molecule has 0 spiro atoms. The van der Waals surface area contributed by atoms with Crippen molar-refractivity contribution in [3.05, 3.63) is 0 Å². The Morgan fingerprint density at radius 2 is 1.85 bits per heavy atom. The Morgan fingerprint density at radius 3 is 2.50 bits per heavy atom. The van der Waals surface area contributed by atoms with Crippen LogP contribution in [0.4, 0.5) is 0 Å². The van der Waals surface area contributed by atoms with Gasteiger partial charge in [-0.15, -0.1) is 0 Å². The predicted octanol–water partition coefficient (Wildman–Crippen LogP) is 0.181. The highest BCUT2D eigenvalue weighted by molar-refractivity contribution is 5.79. The number of ether oxygens (including phenoxy) is 3. The van der Waals surface area contributed by atoms with E-state index in [0.717, 1.165) is 25.9 Å². The Hall–Kier alpha value is -1.32. The number of likely N-dealkylation sites (tertiary alicyclic amines) is 2. The molecule has 4 saturated heterocycles. The number of aliphatic hydroxyl groups is 2. The summed E-state index contributed by atoms with van der Waals surface area (Å²) in [6, 6.07) is 1.92. The lowest BCUT2D eigenvalue weighted by atomic mass is 9.88. The molecular weight excluding hydrogens is 440 g/mol. The molecule has 0 aliphatic carbocycles. The molecule has 4 heterocycles. The number of rotatable bonds is 5. The van der Waals surface area contributed by atoms with Crippen molar-refractivity contribution in [2.75, 3.05) is 39.3 Å². The van der Waals surface area contributed by atoms with Crippen LogP contribution in [0, 0.1) is 16.7 Å². The second-order valence-corrected chi connectivity index (χ2v) is 11.9. The maximum atomic E-state index is 12.9. The molecule has 4 aliphatic rings. The third-order valence-corrected chi connectivity index (χ3v) is 7.73. The van der Waals surface area contributed by atoms with Crippen LogP contribution in [0.25, 0.3) is 0 Å². The number of nitrogens with zero attached hydrogens (tertiary/aromatic N) is 3. The van der Waals surface area contributed by atoms with Crippen molar-refractivity contribution in [2.45, 2.75) is 95.3 Å². The lowest BCUT2D eigenvalue weighted by Gasteiger charge is -2.46. The lowest BCUT2D eigenvalue weighted by molar-refractivity contribution is -0.298. The van der Waals surface area contributed by atoms with Crippen LogP contribution in [0.5, 0.6) is 0 Å². The van der Waals surface area contributed by atoms with E-state index in [1.54, 1.807) is 18.7 Å². The Morgan fingerprint density at radius 1 is 1.18 bits per heavy atom. The fraction of sp³-hybridized carbons (Fsp3) is 0.917. The van der Waals surface area contributed by atoms with Gasteiger partial charge in [-0.2, -0.15) is 5.26 Å². The number of hydrogen-bond acceptors (Lipinski definition) is 9. The molecule has 0 aromatic heterocycles. The molecule has 0 aromatic rings. The first-order valence-corrected chi connectivity index (χ1v) is 12.3. The first-order valence-electron chi connectivity index (χ1n) is 12.3. The van der Waals surface area contributed by atoms with E-state index in [-0.39, 0.29) is 36.1 Å². The second-order valence-electron chi connectivity index (χ2n) is 11.9. The fourth-order valence-electron chi connectivity index (χ4n) is 5.76. The first kappa shape index (κ1) is 25.8. The van der Waals surface area contributed by atoms with Gasteiger partial charge in [0.15, 0.2) is 5.79 Å². The highest BCUT2D eigenvalue weighted by Gasteiger charge is 2.61. The number of carbonyl (C=O) groups is 1. The number of fused-ring (bicyclic) bond motifs is 1. The third-order valence-electron chi connectivity index (χ3n) is 7.73. The summed E-state index contributed by atoms with van der Waals surface area (Å²) < 4.78 is 18.0. The van der Waals surface area contributed by atoms with Crippen LogP contribution in [0.15, 0.2) is 0 Å².